The first-order valence-corrected chi connectivity index (χ1v) is 17.2. The molecule has 6 heteroatoms. The fraction of sp³-hybridized carbons (Fsp3) is 0.886. The van der Waals surface area contributed by atoms with E-state index in [1.165, 1.54) is 64.2 Å². The van der Waals surface area contributed by atoms with E-state index in [1.54, 1.807) is 5.57 Å². The summed E-state index contributed by atoms with van der Waals surface area (Å²) in [6, 6.07) is -0.615. The lowest BCUT2D eigenvalue weighted by atomic mass is 9.47. The minimum atomic E-state index is -0.615. The van der Waals surface area contributed by atoms with Crippen molar-refractivity contribution in [2.24, 2.45) is 68.5 Å². The molecule has 0 aromatic rings. The van der Waals surface area contributed by atoms with Gasteiger partial charge in [0, 0.05) is 13.0 Å². The van der Waals surface area contributed by atoms with Crippen molar-refractivity contribution in [2.75, 3.05) is 6.54 Å². The molecule has 3 saturated carbocycles. The van der Waals surface area contributed by atoms with Crippen molar-refractivity contribution in [3.63, 3.8) is 0 Å². The second-order valence-corrected chi connectivity index (χ2v) is 15.1. The van der Waals surface area contributed by atoms with E-state index < -0.39 is 6.04 Å². The maximum Gasteiger partial charge on any atom is 0.323 e. The van der Waals surface area contributed by atoms with Crippen molar-refractivity contribution in [2.45, 2.75) is 143 Å². The average molecular weight is 571 g/mol. The zero-order valence-electron chi connectivity index (χ0n) is 27.0. The first-order valence-electron chi connectivity index (χ1n) is 17.2. The van der Waals surface area contributed by atoms with Crippen molar-refractivity contribution >= 4 is 11.9 Å². The van der Waals surface area contributed by atoms with Gasteiger partial charge in [-0.2, -0.15) is 0 Å². The quantitative estimate of drug-likeness (QED) is 0.0718. The van der Waals surface area contributed by atoms with Crippen molar-refractivity contribution in [3.05, 3.63) is 11.6 Å². The summed E-state index contributed by atoms with van der Waals surface area (Å²) in [5.41, 5.74) is 19.2. The highest BCUT2D eigenvalue weighted by Gasteiger charge is 2.59. The maximum atomic E-state index is 12.7. The van der Waals surface area contributed by atoms with E-state index in [9.17, 15) is 4.79 Å². The second kappa shape index (κ2) is 13.8. The van der Waals surface area contributed by atoms with Crippen LogP contribution in [-0.4, -0.2) is 30.6 Å². The van der Waals surface area contributed by atoms with Crippen molar-refractivity contribution in [1.29, 1.82) is 0 Å². The molecule has 41 heavy (non-hydrogen) atoms. The lowest BCUT2D eigenvalue weighted by Gasteiger charge is -2.58. The SMILES string of the molecule is CCCC(C)CCC[C@@H](C)[C@H]1CC[C@H]2[C@@H]3CC=C4C[C@@H](OC(=O)[C@@H](N)CCCN=C(N)N)CC[C@]4(C)[C@H]3CC[C@]12C. The van der Waals surface area contributed by atoms with Gasteiger partial charge in [0.05, 0.1) is 0 Å². The van der Waals surface area contributed by atoms with E-state index in [2.05, 4.69) is 45.7 Å². The molecule has 0 heterocycles. The summed E-state index contributed by atoms with van der Waals surface area (Å²) in [6.45, 7) is 13.0. The molecule has 4 aliphatic carbocycles. The molecule has 3 fully saturated rings. The first-order chi connectivity index (χ1) is 19.5. The van der Waals surface area contributed by atoms with Crippen molar-refractivity contribution in [3.8, 4) is 0 Å². The predicted molar refractivity (Wildman–Crippen MR) is 170 cm³/mol. The monoisotopic (exact) mass is 570 g/mol. The minimum Gasteiger partial charge on any atom is -0.461 e. The largest absolute Gasteiger partial charge is 0.461 e. The van der Waals surface area contributed by atoms with E-state index in [4.69, 9.17) is 21.9 Å². The zero-order valence-corrected chi connectivity index (χ0v) is 27.0. The molecule has 0 aromatic heterocycles. The third-order valence-electron chi connectivity index (χ3n) is 12.5. The molecule has 0 aliphatic heterocycles. The van der Waals surface area contributed by atoms with Crippen LogP contribution in [0.5, 0.6) is 0 Å². The van der Waals surface area contributed by atoms with Gasteiger partial charge in [-0.1, -0.05) is 78.4 Å². The van der Waals surface area contributed by atoms with E-state index in [0.29, 0.717) is 24.8 Å². The molecular weight excluding hydrogens is 508 g/mol. The van der Waals surface area contributed by atoms with E-state index in [0.717, 1.165) is 54.8 Å². The number of esters is 1. The minimum absolute atomic E-state index is 0.0484. The smallest absolute Gasteiger partial charge is 0.323 e. The van der Waals surface area contributed by atoms with Crippen molar-refractivity contribution in [1.82, 2.24) is 0 Å². The summed E-state index contributed by atoms with van der Waals surface area (Å²) in [6.07, 6.45) is 20.5. The van der Waals surface area contributed by atoms with Crippen LogP contribution >= 0.6 is 0 Å². The summed E-state index contributed by atoms with van der Waals surface area (Å²) in [7, 11) is 0. The molecule has 0 saturated heterocycles. The van der Waals surface area contributed by atoms with Crippen LogP contribution in [0.2, 0.25) is 0 Å². The average Bonchev–Trinajstić information content (AvgIpc) is 3.28. The van der Waals surface area contributed by atoms with Crippen LogP contribution in [-0.2, 0) is 9.53 Å². The standard InChI is InChI=1S/C35H62N4O2/c1-6-9-23(2)10-7-11-24(3)28-15-16-29-27-14-13-25-22-26(41-32(40)31(36)12-8-21-39-33(37)38)17-19-34(25,4)30(27)18-20-35(28,29)5/h13,23-24,26-31H,6-12,14-22,36H2,1-5H3,(H4,37,38,39)/t23?,24-,26+,27+,28-,29+,30+,31+,34+,35-/m1/s1. The molecule has 0 amide bonds. The summed E-state index contributed by atoms with van der Waals surface area (Å²) in [4.78, 5) is 16.7. The van der Waals surface area contributed by atoms with Gasteiger partial charge in [-0.15, -0.1) is 0 Å². The lowest BCUT2D eigenvalue weighted by Crippen LogP contribution is -2.51. The van der Waals surface area contributed by atoms with Gasteiger partial charge < -0.3 is 21.9 Å². The van der Waals surface area contributed by atoms with E-state index >= 15 is 0 Å². The molecule has 0 bridgehead atoms. The number of aliphatic imine (C=N–C) groups is 1. The molecule has 6 N–H and O–H groups in total. The Morgan fingerprint density at radius 3 is 2.54 bits per heavy atom. The molecule has 4 aliphatic rings. The topological polar surface area (TPSA) is 117 Å². The molecule has 0 radical (unpaired) electrons. The number of carbonyl (C=O) groups excluding carboxylic acids is 1. The molecule has 1 unspecified atom stereocenters. The Labute approximate surface area is 251 Å². The highest BCUT2D eigenvalue weighted by molar-refractivity contribution is 5.76. The summed E-state index contributed by atoms with van der Waals surface area (Å²) in [5, 5.41) is 0. The normalized spacial score (nSPS) is 36.6. The van der Waals surface area contributed by atoms with Gasteiger partial charge in [-0.25, -0.2) is 0 Å². The zero-order chi connectivity index (χ0) is 29.8. The third-order valence-corrected chi connectivity index (χ3v) is 12.5. The number of allylic oxidation sites excluding steroid dienone is 1. The van der Waals surface area contributed by atoms with Crippen LogP contribution in [0.1, 0.15) is 131 Å². The first kappa shape index (κ1) is 32.4. The number of rotatable bonds is 13. The number of hydrogen-bond donors (Lipinski definition) is 3. The number of fused-ring (bicyclic) bond motifs is 5. The number of nitrogens with two attached hydrogens (primary N) is 3. The molecule has 0 spiro atoms. The molecule has 10 atom stereocenters. The summed E-state index contributed by atoms with van der Waals surface area (Å²) < 4.78 is 5.96. The van der Waals surface area contributed by atoms with Crippen LogP contribution in [0.3, 0.4) is 0 Å². The van der Waals surface area contributed by atoms with Crippen LogP contribution in [0, 0.1) is 46.3 Å². The van der Waals surface area contributed by atoms with Gasteiger partial charge in [-0.3, -0.25) is 9.79 Å². The Morgan fingerprint density at radius 1 is 1.02 bits per heavy atom. The van der Waals surface area contributed by atoms with Crippen LogP contribution in [0.25, 0.3) is 0 Å². The number of ether oxygens (including phenoxy) is 1. The number of carbonyl (C=O) groups is 1. The van der Waals surface area contributed by atoms with Crippen LogP contribution in [0.15, 0.2) is 16.6 Å². The van der Waals surface area contributed by atoms with Crippen molar-refractivity contribution < 1.29 is 9.53 Å². The summed E-state index contributed by atoms with van der Waals surface area (Å²) >= 11 is 0. The highest BCUT2D eigenvalue weighted by Crippen LogP contribution is 2.67. The predicted octanol–water partition coefficient (Wildman–Crippen LogP) is 7.10. The van der Waals surface area contributed by atoms with Crippen LogP contribution < -0.4 is 17.2 Å². The van der Waals surface area contributed by atoms with Gasteiger partial charge in [0.25, 0.3) is 0 Å². The fourth-order valence-corrected chi connectivity index (χ4v) is 10.2. The Morgan fingerprint density at radius 2 is 1.80 bits per heavy atom. The Bertz CT molecular complexity index is 944. The maximum absolute atomic E-state index is 12.7. The van der Waals surface area contributed by atoms with Gasteiger partial charge in [0.1, 0.15) is 12.1 Å². The second-order valence-electron chi connectivity index (χ2n) is 15.1. The third kappa shape index (κ3) is 7.16. The van der Waals surface area contributed by atoms with Gasteiger partial charge in [0.15, 0.2) is 5.96 Å². The Hall–Kier alpha value is -1.56. The van der Waals surface area contributed by atoms with Crippen LogP contribution in [0.4, 0.5) is 0 Å². The number of guanidine groups is 1. The highest BCUT2D eigenvalue weighted by atomic mass is 16.5. The Kier molecular flexibility index (Phi) is 10.9. The Balaban J connectivity index is 1.33. The van der Waals surface area contributed by atoms with Gasteiger partial charge >= 0.3 is 5.97 Å². The van der Waals surface area contributed by atoms with Gasteiger partial charge in [-0.05, 0) is 104 Å². The molecule has 4 rings (SSSR count). The number of hydrogen-bond acceptors (Lipinski definition) is 4. The molecule has 6 nitrogen and oxygen atoms in total. The van der Waals surface area contributed by atoms with Gasteiger partial charge in [0.2, 0.25) is 0 Å². The van der Waals surface area contributed by atoms with E-state index in [1.807, 2.05) is 0 Å². The molecule has 234 valence electrons. The molecular formula is C35H62N4O2. The molecule has 0 aromatic carbocycles. The van der Waals surface area contributed by atoms with E-state index in [-0.39, 0.29) is 23.4 Å². The summed E-state index contributed by atoms with van der Waals surface area (Å²) in [5.74, 6) is 4.89. The number of nitrogens with zero attached hydrogens (tertiary/aromatic N) is 1. The lowest BCUT2D eigenvalue weighted by molar-refractivity contribution is -0.153. The fourth-order valence-electron chi connectivity index (χ4n) is 10.2.